The molecule has 1 unspecified atom stereocenters. The number of nitro groups is 1. The summed E-state index contributed by atoms with van der Waals surface area (Å²) in [6.45, 7) is 9.85. The number of ether oxygens (including phenoxy) is 1. The molecule has 2 heterocycles. The number of aryl methyl sites for hydroxylation is 1. The Balaban J connectivity index is 2.68. The van der Waals surface area contributed by atoms with Gasteiger partial charge in [0, 0.05) is 32.2 Å². The van der Waals surface area contributed by atoms with Gasteiger partial charge in [-0.15, -0.1) is 0 Å². The summed E-state index contributed by atoms with van der Waals surface area (Å²) >= 11 is 0. The molecule has 0 bridgehead atoms. The number of pyridine rings is 1. The van der Waals surface area contributed by atoms with E-state index in [9.17, 15) is 14.9 Å². The van der Waals surface area contributed by atoms with E-state index in [1.165, 1.54) is 0 Å². The molecule has 0 amide bonds. The average Bonchev–Trinajstić information content (AvgIpc) is 2.55. The van der Waals surface area contributed by atoms with E-state index in [0.717, 1.165) is 6.54 Å². The summed E-state index contributed by atoms with van der Waals surface area (Å²) in [6, 6.07) is 0.0577. The van der Waals surface area contributed by atoms with Gasteiger partial charge in [-0.1, -0.05) is 0 Å². The van der Waals surface area contributed by atoms with Gasteiger partial charge in [0.1, 0.15) is 11.3 Å². The molecular formula is C16H25N5O4. The lowest BCUT2D eigenvalue weighted by atomic mass is 10.1. The Morgan fingerprint density at radius 2 is 2.24 bits per heavy atom. The summed E-state index contributed by atoms with van der Waals surface area (Å²) in [5, 5.41) is 18.1. The van der Waals surface area contributed by atoms with Crippen LogP contribution in [0.2, 0.25) is 0 Å². The van der Waals surface area contributed by atoms with Crippen LogP contribution in [0.1, 0.15) is 36.8 Å². The highest BCUT2D eigenvalue weighted by Crippen LogP contribution is 2.39. The number of rotatable bonds is 6. The molecule has 0 saturated carbocycles. The smallest absolute Gasteiger partial charge is 0.342 e. The van der Waals surface area contributed by atoms with Crippen LogP contribution in [0.4, 0.5) is 17.2 Å². The molecule has 1 fully saturated rings. The van der Waals surface area contributed by atoms with Crippen LogP contribution < -0.4 is 15.5 Å². The second-order valence-electron chi connectivity index (χ2n) is 5.87. The molecule has 0 spiro atoms. The van der Waals surface area contributed by atoms with Gasteiger partial charge in [-0.2, -0.15) is 0 Å². The standard InChI is InChI=1S/C16H25N5O4/c1-5-18-13-12(16(22)25-6-2)11(4)19-15(14(13)21(23)24)20-8-7-17-9-10(20)3/h10,17H,5-9H2,1-4H3,(H,18,19). The van der Waals surface area contributed by atoms with Gasteiger partial charge >= 0.3 is 11.7 Å². The minimum absolute atomic E-state index is 0.0577. The number of nitrogens with zero attached hydrogens (tertiary/aromatic N) is 3. The SMILES string of the molecule is CCNc1c(C(=O)OCC)c(C)nc(N2CCNCC2C)c1[N+](=O)[O-]. The van der Waals surface area contributed by atoms with Crippen molar-refractivity contribution in [2.75, 3.05) is 43.0 Å². The van der Waals surface area contributed by atoms with Crippen LogP contribution in [0.25, 0.3) is 0 Å². The van der Waals surface area contributed by atoms with Crippen LogP contribution in [0.5, 0.6) is 0 Å². The van der Waals surface area contributed by atoms with Crippen LogP contribution in [-0.4, -0.2) is 54.7 Å². The summed E-state index contributed by atoms with van der Waals surface area (Å²) in [4.78, 5) is 30.1. The molecule has 1 saturated heterocycles. The first-order chi connectivity index (χ1) is 11.9. The first kappa shape index (κ1) is 18.9. The van der Waals surface area contributed by atoms with Crippen LogP contribution in [0.3, 0.4) is 0 Å². The van der Waals surface area contributed by atoms with E-state index in [4.69, 9.17) is 4.74 Å². The Morgan fingerprint density at radius 3 is 2.80 bits per heavy atom. The number of anilines is 2. The number of carbonyl (C=O) groups excluding carboxylic acids is 1. The van der Waals surface area contributed by atoms with Crippen molar-refractivity contribution in [2.24, 2.45) is 0 Å². The van der Waals surface area contributed by atoms with Crippen LogP contribution >= 0.6 is 0 Å². The van der Waals surface area contributed by atoms with E-state index in [0.29, 0.717) is 31.1 Å². The van der Waals surface area contributed by atoms with Gasteiger partial charge in [-0.25, -0.2) is 9.78 Å². The monoisotopic (exact) mass is 351 g/mol. The Hall–Kier alpha value is -2.42. The summed E-state index contributed by atoms with van der Waals surface area (Å²) in [7, 11) is 0. The van der Waals surface area contributed by atoms with E-state index in [1.54, 1.807) is 13.8 Å². The molecule has 2 rings (SSSR count). The van der Waals surface area contributed by atoms with E-state index in [1.807, 2.05) is 18.7 Å². The molecular weight excluding hydrogens is 326 g/mol. The molecule has 9 heteroatoms. The number of carbonyl (C=O) groups is 1. The van der Waals surface area contributed by atoms with Crippen LogP contribution in [0, 0.1) is 17.0 Å². The second kappa shape index (κ2) is 8.11. The fraction of sp³-hybridized carbons (Fsp3) is 0.625. The predicted molar refractivity (Wildman–Crippen MR) is 95.4 cm³/mol. The number of hydrogen-bond donors (Lipinski definition) is 2. The van der Waals surface area contributed by atoms with Gasteiger partial charge in [-0.05, 0) is 27.7 Å². The topological polar surface area (TPSA) is 110 Å². The third kappa shape index (κ3) is 3.81. The zero-order valence-corrected chi connectivity index (χ0v) is 15.1. The maximum Gasteiger partial charge on any atom is 0.342 e. The average molecular weight is 351 g/mol. The molecule has 1 atom stereocenters. The minimum atomic E-state index is -0.605. The fourth-order valence-electron chi connectivity index (χ4n) is 3.01. The number of nitrogens with one attached hydrogen (secondary N) is 2. The van der Waals surface area contributed by atoms with E-state index in [-0.39, 0.29) is 29.6 Å². The summed E-state index contributed by atoms with van der Waals surface area (Å²) in [6.07, 6.45) is 0. The Labute approximate surface area is 146 Å². The zero-order valence-electron chi connectivity index (χ0n) is 15.1. The van der Waals surface area contributed by atoms with Crippen molar-refractivity contribution in [1.29, 1.82) is 0 Å². The lowest BCUT2D eigenvalue weighted by Crippen LogP contribution is -2.50. The quantitative estimate of drug-likeness (QED) is 0.453. The summed E-state index contributed by atoms with van der Waals surface area (Å²) in [5.74, 6) is -0.313. The molecule has 2 N–H and O–H groups in total. The molecule has 0 radical (unpaired) electrons. The Bertz CT molecular complexity index is 664. The first-order valence-corrected chi connectivity index (χ1v) is 8.49. The maximum absolute atomic E-state index is 12.3. The highest BCUT2D eigenvalue weighted by Gasteiger charge is 2.34. The van der Waals surface area contributed by atoms with Gasteiger partial charge in [0.2, 0.25) is 5.82 Å². The Morgan fingerprint density at radius 1 is 1.52 bits per heavy atom. The van der Waals surface area contributed by atoms with Crippen molar-refractivity contribution in [3.8, 4) is 0 Å². The van der Waals surface area contributed by atoms with Crippen LogP contribution in [-0.2, 0) is 4.74 Å². The van der Waals surface area contributed by atoms with E-state index < -0.39 is 10.9 Å². The van der Waals surface area contributed by atoms with Crippen molar-refractivity contribution < 1.29 is 14.5 Å². The van der Waals surface area contributed by atoms with Gasteiger partial charge in [0.05, 0.1) is 17.2 Å². The lowest BCUT2D eigenvalue weighted by molar-refractivity contribution is -0.383. The summed E-state index contributed by atoms with van der Waals surface area (Å²) < 4.78 is 5.07. The molecule has 25 heavy (non-hydrogen) atoms. The maximum atomic E-state index is 12.3. The van der Waals surface area contributed by atoms with Crippen molar-refractivity contribution in [2.45, 2.75) is 33.7 Å². The van der Waals surface area contributed by atoms with Crippen molar-refractivity contribution >= 4 is 23.2 Å². The Kier molecular flexibility index (Phi) is 6.13. The highest BCUT2D eigenvalue weighted by atomic mass is 16.6. The third-order valence-electron chi connectivity index (χ3n) is 4.12. The van der Waals surface area contributed by atoms with Gasteiger partial charge in [0.15, 0.2) is 0 Å². The molecule has 9 nitrogen and oxygen atoms in total. The van der Waals surface area contributed by atoms with Gasteiger partial charge < -0.3 is 20.3 Å². The number of esters is 1. The third-order valence-corrected chi connectivity index (χ3v) is 4.12. The van der Waals surface area contributed by atoms with E-state index in [2.05, 4.69) is 15.6 Å². The molecule has 0 aromatic carbocycles. The molecule has 1 aliphatic rings. The predicted octanol–water partition coefficient (Wildman–Crippen LogP) is 1.70. The normalized spacial score (nSPS) is 17.3. The van der Waals surface area contributed by atoms with Crippen molar-refractivity contribution in [3.05, 3.63) is 21.4 Å². The molecule has 1 aliphatic heterocycles. The van der Waals surface area contributed by atoms with Gasteiger partial charge in [-0.3, -0.25) is 10.1 Å². The van der Waals surface area contributed by atoms with E-state index >= 15 is 0 Å². The largest absolute Gasteiger partial charge is 0.462 e. The van der Waals surface area contributed by atoms with Crippen molar-refractivity contribution in [1.82, 2.24) is 10.3 Å². The number of hydrogen-bond acceptors (Lipinski definition) is 8. The fourth-order valence-corrected chi connectivity index (χ4v) is 3.01. The van der Waals surface area contributed by atoms with Crippen molar-refractivity contribution in [3.63, 3.8) is 0 Å². The summed E-state index contributed by atoms with van der Waals surface area (Å²) in [5.41, 5.74) is 0.547. The molecule has 1 aromatic rings. The second-order valence-corrected chi connectivity index (χ2v) is 5.87. The molecule has 1 aromatic heterocycles. The lowest BCUT2D eigenvalue weighted by Gasteiger charge is -2.35. The zero-order chi connectivity index (χ0) is 18.6. The van der Waals surface area contributed by atoms with Crippen LogP contribution in [0.15, 0.2) is 0 Å². The molecule has 0 aliphatic carbocycles. The molecule has 138 valence electrons. The first-order valence-electron chi connectivity index (χ1n) is 8.49. The minimum Gasteiger partial charge on any atom is -0.462 e. The number of aromatic nitrogens is 1. The number of piperazine rings is 1. The van der Waals surface area contributed by atoms with Gasteiger partial charge in [0.25, 0.3) is 0 Å². The highest BCUT2D eigenvalue weighted by molar-refractivity contribution is 6.01.